The van der Waals surface area contributed by atoms with Crippen LogP contribution in [0.5, 0.6) is 0 Å². The van der Waals surface area contributed by atoms with Crippen LogP contribution in [0.2, 0.25) is 0 Å². The monoisotopic (exact) mass is 258 g/mol. The molecule has 0 bridgehead atoms. The molecule has 0 radical (unpaired) electrons. The summed E-state index contributed by atoms with van der Waals surface area (Å²) in [6.45, 7) is 2.12. The zero-order valence-electron chi connectivity index (χ0n) is 11.6. The molecule has 1 aromatic heterocycles. The van der Waals surface area contributed by atoms with E-state index in [2.05, 4.69) is 46.8 Å². The van der Waals surface area contributed by atoms with E-state index in [4.69, 9.17) is 0 Å². The Morgan fingerprint density at radius 2 is 2.26 bits per heavy atom. The number of allylic oxidation sites excluding steroid dienone is 2. The summed E-state index contributed by atoms with van der Waals surface area (Å²) in [6.07, 6.45) is 9.45. The van der Waals surface area contributed by atoms with Crippen LogP contribution in [0.1, 0.15) is 12.1 Å². The summed E-state index contributed by atoms with van der Waals surface area (Å²) >= 11 is 0. The average Bonchev–Trinajstić information content (AvgIpc) is 2.45. The van der Waals surface area contributed by atoms with Gasteiger partial charge >= 0.3 is 0 Å². The Bertz CT molecular complexity index is 437. The number of dihydropyridines is 1. The Labute approximate surface area is 115 Å². The van der Waals surface area contributed by atoms with Crippen LogP contribution in [-0.2, 0) is 0 Å². The van der Waals surface area contributed by atoms with Gasteiger partial charge in [0.25, 0.3) is 0 Å². The van der Waals surface area contributed by atoms with Crippen molar-refractivity contribution >= 4 is 5.57 Å². The molecular weight excluding hydrogens is 236 g/mol. The van der Waals surface area contributed by atoms with Gasteiger partial charge in [-0.1, -0.05) is 12.1 Å². The van der Waals surface area contributed by atoms with Crippen LogP contribution in [0.25, 0.3) is 5.57 Å². The number of nitrogens with one attached hydrogen (secondary N) is 2. The zero-order chi connectivity index (χ0) is 13.5. The van der Waals surface area contributed by atoms with Crippen molar-refractivity contribution in [1.29, 1.82) is 0 Å². The van der Waals surface area contributed by atoms with Gasteiger partial charge in [-0.3, -0.25) is 10.3 Å². The molecule has 102 valence electrons. The third-order valence-electron chi connectivity index (χ3n) is 2.99. The normalized spacial score (nSPS) is 18.3. The van der Waals surface area contributed by atoms with Gasteiger partial charge in [0.1, 0.15) is 0 Å². The van der Waals surface area contributed by atoms with E-state index in [-0.39, 0.29) is 6.17 Å². The second kappa shape index (κ2) is 7.07. The second-order valence-corrected chi connectivity index (χ2v) is 4.93. The summed E-state index contributed by atoms with van der Waals surface area (Å²) in [4.78, 5) is 6.54. The molecule has 2 rings (SSSR count). The molecule has 0 spiro atoms. The van der Waals surface area contributed by atoms with E-state index in [1.807, 2.05) is 30.6 Å². The standard InChI is InChI=1S/C15H22N4/c1-19(2)11-5-10-17-15-8-7-13(12-18-15)14-6-3-4-9-16-14/h3-4,6-9,12,15,17-18H,5,10-11H2,1-2H3. The number of rotatable bonds is 6. The molecule has 1 aliphatic rings. The lowest BCUT2D eigenvalue weighted by Crippen LogP contribution is -2.40. The summed E-state index contributed by atoms with van der Waals surface area (Å²) < 4.78 is 0. The Balaban J connectivity index is 1.76. The smallest absolute Gasteiger partial charge is 0.0959 e. The van der Waals surface area contributed by atoms with Crippen LogP contribution < -0.4 is 10.6 Å². The third kappa shape index (κ3) is 4.50. The molecule has 0 aliphatic carbocycles. The van der Waals surface area contributed by atoms with Gasteiger partial charge in [0.2, 0.25) is 0 Å². The van der Waals surface area contributed by atoms with Crippen molar-refractivity contribution in [3.8, 4) is 0 Å². The second-order valence-electron chi connectivity index (χ2n) is 4.93. The minimum Gasteiger partial charge on any atom is -0.372 e. The Morgan fingerprint density at radius 3 is 2.89 bits per heavy atom. The van der Waals surface area contributed by atoms with E-state index in [0.717, 1.165) is 30.8 Å². The first kappa shape index (κ1) is 13.8. The summed E-state index contributed by atoms with van der Waals surface area (Å²) in [5, 5.41) is 6.80. The predicted molar refractivity (Wildman–Crippen MR) is 79.5 cm³/mol. The topological polar surface area (TPSA) is 40.2 Å². The maximum atomic E-state index is 4.34. The number of aromatic nitrogens is 1. The minimum absolute atomic E-state index is 0.217. The van der Waals surface area contributed by atoms with Crippen molar-refractivity contribution in [2.45, 2.75) is 12.6 Å². The molecule has 0 amide bonds. The van der Waals surface area contributed by atoms with Crippen molar-refractivity contribution in [3.63, 3.8) is 0 Å². The average molecular weight is 258 g/mol. The SMILES string of the molecule is CN(C)CCCNC1C=CC(c2ccccn2)=CN1. The molecule has 0 fully saturated rings. The van der Waals surface area contributed by atoms with Crippen molar-refractivity contribution < 1.29 is 0 Å². The largest absolute Gasteiger partial charge is 0.372 e. The molecule has 4 heteroatoms. The third-order valence-corrected chi connectivity index (χ3v) is 2.99. The Hall–Kier alpha value is -1.65. The highest BCUT2D eigenvalue weighted by Crippen LogP contribution is 2.14. The molecule has 1 atom stereocenters. The van der Waals surface area contributed by atoms with Gasteiger partial charge < -0.3 is 10.2 Å². The molecule has 1 aromatic rings. The lowest BCUT2D eigenvalue weighted by Gasteiger charge is -2.20. The van der Waals surface area contributed by atoms with Crippen LogP contribution in [0.15, 0.2) is 42.7 Å². The zero-order valence-corrected chi connectivity index (χ0v) is 11.6. The molecule has 1 aliphatic heterocycles. The summed E-state index contributed by atoms with van der Waals surface area (Å²) in [7, 11) is 4.20. The van der Waals surface area contributed by atoms with Gasteiger partial charge in [0.05, 0.1) is 11.9 Å². The summed E-state index contributed by atoms with van der Waals surface area (Å²) in [5.41, 5.74) is 2.12. The predicted octanol–water partition coefficient (Wildman–Crippen LogP) is 1.45. The molecular formula is C15H22N4. The molecule has 19 heavy (non-hydrogen) atoms. The van der Waals surface area contributed by atoms with Crippen LogP contribution >= 0.6 is 0 Å². The first-order valence-corrected chi connectivity index (χ1v) is 6.69. The number of hydrogen-bond acceptors (Lipinski definition) is 4. The van der Waals surface area contributed by atoms with Crippen LogP contribution in [0.3, 0.4) is 0 Å². The molecule has 1 unspecified atom stereocenters. The van der Waals surface area contributed by atoms with Gasteiger partial charge in [0.15, 0.2) is 0 Å². The number of nitrogens with zero attached hydrogens (tertiary/aromatic N) is 2. The lowest BCUT2D eigenvalue weighted by atomic mass is 10.1. The van der Waals surface area contributed by atoms with Crippen LogP contribution in [-0.4, -0.2) is 43.2 Å². The van der Waals surface area contributed by atoms with E-state index in [9.17, 15) is 0 Å². The van der Waals surface area contributed by atoms with E-state index in [1.54, 1.807) is 0 Å². The van der Waals surface area contributed by atoms with Gasteiger partial charge in [-0.05, 0) is 51.8 Å². The number of hydrogen-bond donors (Lipinski definition) is 2. The highest BCUT2D eigenvalue weighted by molar-refractivity contribution is 5.72. The van der Waals surface area contributed by atoms with Crippen molar-refractivity contribution in [2.75, 3.05) is 27.2 Å². The fourth-order valence-electron chi connectivity index (χ4n) is 1.96. The first-order valence-electron chi connectivity index (χ1n) is 6.69. The van der Waals surface area contributed by atoms with Gasteiger partial charge in [-0.25, -0.2) is 0 Å². The summed E-state index contributed by atoms with van der Waals surface area (Å²) in [6, 6.07) is 5.95. The highest BCUT2D eigenvalue weighted by Gasteiger charge is 2.08. The maximum absolute atomic E-state index is 4.34. The number of pyridine rings is 1. The van der Waals surface area contributed by atoms with Crippen molar-refractivity contribution in [1.82, 2.24) is 20.5 Å². The van der Waals surface area contributed by atoms with Crippen molar-refractivity contribution in [2.24, 2.45) is 0 Å². The fourth-order valence-corrected chi connectivity index (χ4v) is 1.96. The Morgan fingerprint density at radius 1 is 1.37 bits per heavy atom. The fraction of sp³-hybridized carbons (Fsp3) is 0.400. The van der Waals surface area contributed by atoms with Crippen LogP contribution in [0.4, 0.5) is 0 Å². The quantitative estimate of drug-likeness (QED) is 0.758. The highest BCUT2D eigenvalue weighted by atomic mass is 15.1. The summed E-state index contributed by atoms with van der Waals surface area (Å²) in [5.74, 6) is 0. The molecule has 2 N–H and O–H groups in total. The van der Waals surface area contributed by atoms with Gasteiger partial charge in [-0.2, -0.15) is 0 Å². The van der Waals surface area contributed by atoms with E-state index in [0.29, 0.717) is 0 Å². The lowest BCUT2D eigenvalue weighted by molar-refractivity contribution is 0.388. The molecule has 0 saturated carbocycles. The van der Waals surface area contributed by atoms with E-state index in [1.165, 1.54) is 0 Å². The first-order chi connectivity index (χ1) is 9.25. The van der Waals surface area contributed by atoms with E-state index < -0.39 is 0 Å². The Kier molecular flexibility index (Phi) is 5.12. The van der Waals surface area contributed by atoms with Gasteiger partial charge in [-0.15, -0.1) is 0 Å². The van der Waals surface area contributed by atoms with Gasteiger partial charge in [0, 0.05) is 18.0 Å². The maximum Gasteiger partial charge on any atom is 0.0959 e. The van der Waals surface area contributed by atoms with E-state index >= 15 is 0 Å². The molecule has 2 heterocycles. The molecule has 4 nitrogen and oxygen atoms in total. The molecule has 0 aromatic carbocycles. The minimum atomic E-state index is 0.217. The molecule has 0 saturated heterocycles. The van der Waals surface area contributed by atoms with Crippen LogP contribution in [0, 0.1) is 0 Å². The van der Waals surface area contributed by atoms with Crippen molar-refractivity contribution in [3.05, 3.63) is 48.4 Å².